The monoisotopic (exact) mass is 264 g/mol. The van der Waals surface area contributed by atoms with E-state index in [0.717, 1.165) is 36.7 Å². The molecule has 0 aliphatic carbocycles. The molecule has 0 radical (unpaired) electrons. The van der Waals surface area contributed by atoms with Crippen LogP contribution >= 0.6 is 0 Å². The zero-order valence-corrected chi connectivity index (χ0v) is 11.7. The van der Waals surface area contributed by atoms with Gasteiger partial charge in [0.1, 0.15) is 11.6 Å². The fourth-order valence-corrected chi connectivity index (χ4v) is 1.79. The molecule has 1 N–H and O–H groups in total. The van der Waals surface area contributed by atoms with Gasteiger partial charge in [0.05, 0.1) is 13.1 Å². The quantitative estimate of drug-likeness (QED) is 0.812. The molecule has 0 amide bonds. The predicted octanol–water partition coefficient (Wildman–Crippen LogP) is 1.33. The molecule has 2 heterocycles. The summed E-state index contributed by atoms with van der Waals surface area (Å²) in [5.74, 6) is 3.11. The van der Waals surface area contributed by atoms with Crippen molar-refractivity contribution in [1.29, 1.82) is 0 Å². The Balaban J connectivity index is 1.87. The Labute approximate surface area is 112 Å². The van der Waals surface area contributed by atoms with Gasteiger partial charge in [-0.1, -0.05) is 19.0 Å². The normalized spacial score (nSPS) is 11.4. The third kappa shape index (κ3) is 3.85. The molecule has 0 saturated heterocycles. The third-order valence-electron chi connectivity index (χ3n) is 2.70. The average molecular weight is 264 g/mol. The summed E-state index contributed by atoms with van der Waals surface area (Å²) in [5.41, 5.74) is 0. The van der Waals surface area contributed by atoms with Gasteiger partial charge in [-0.05, 0) is 13.5 Å². The summed E-state index contributed by atoms with van der Waals surface area (Å²) in [7, 11) is 1.98. The van der Waals surface area contributed by atoms with Crippen molar-refractivity contribution in [3.05, 3.63) is 23.4 Å². The molecular weight excluding hydrogens is 244 g/mol. The van der Waals surface area contributed by atoms with Gasteiger partial charge in [-0.2, -0.15) is 10.1 Å². The summed E-state index contributed by atoms with van der Waals surface area (Å²) in [6.07, 6.45) is 2.71. The lowest BCUT2D eigenvalue weighted by Crippen LogP contribution is -2.18. The molecule has 7 nitrogen and oxygen atoms in total. The maximum Gasteiger partial charge on any atom is 0.240 e. The predicted molar refractivity (Wildman–Crippen MR) is 69.2 cm³/mol. The molecule has 0 aliphatic heterocycles. The second kappa shape index (κ2) is 6.42. The van der Waals surface area contributed by atoms with Gasteiger partial charge in [-0.25, -0.2) is 4.98 Å². The van der Waals surface area contributed by atoms with E-state index in [4.69, 9.17) is 4.52 Å². The summed E-state index contributed by atoms with van der Waals surface area (Å²) in [6, 6.07) is 0. The zero-order chi connectivity index (χ0) is 13.7. The Bertz CT molecular complexity index is 506. The summed E-state index contributed by atoms with van der Waals surface area (Å²) in [6.45, 7) is 5.42. The highest BCUT2D eigenvalue weighted by Gasteiger charge is 2.10. The van der Waals surface area contributed by atoms with E-state index < -0.39 is 0 Å². The van der Waals surface area contributed by atoms with Crippen LogP contribution in [-0.2, 0) is 25.9 Å². The Morgan fingerprint density at radius 3 is 2.68 bits per heavy atom. The molecule has 0 aliphatic rings. The highest BCUT2D eigenvalue weighted by Crippen LogP contribution is 2.05. The van der Waals surface area contributed by atoms with E-state index in [-0.39, 0.29) is 0 Å². The van der Waals surface area contributed by atoms with E-state index in [1.807, 2.05) is 14.0 Å². The molecule has 7 heteroatoms. The van der Waals surface area contributed by atoms with Crippen LogP contribution in [-0.4, -0.2) is 37.3 Å². The number of H-pyrrole nitrogens is 1. The van der Waals surface area contributed by atoms with Crippen molar-refractivity contribution < 1.29 is 4.52 Å². The van der Waals surface area contributed by atoms with E-state index in [0.29, 0.717) is 19.0 Å². The molecule has 0 aromatic carbocycles. The maximum absolute atomic E-state index is 5.20. The molecule has 2 aromatic heterocycles. The molecule has 0 saturated carbocycles. The number of hydrogen-bond donors (Lipinski definition) is 1. The molecule has 0 spiro atoms. The van der Waals surface area contributed by atoms with Crippen molar-refractivity contribution in [1.82, 2.24) is 30.2 Å². The number of aromatic amines is 1. The highest BCUT2D eigenvalue weighted by atomic mass is 16.5. The minimum atomic E-state index is 0.610. The van der Waals surface area contributed by atoms with Crippen LogP contribution in [0.3, 0.4) is 0 Å². The molecule has 0 atom stereocenters. The first kappa shape index (κ1) is 13.7. The fourth-order valence-electron chi connectivity index (χ4n) is 1.79. The average Bonchev–Trinajstić information content (AvgIpc) is 2.99. The molecular formula is C12H20N6O. The minimum absolute atomic E-state index is 0.610. The van der Waals surface area contributed by atoms with Gasteiger partial charge in [0.2, 0.25) is 5.89 Å². The number of nitrogens with zero attached hydrogens (tertiary/aromatic N) is 5. The van der Waals surface area contributed by atoms with Crippen LogP contribution in [0.2, 0.25) is 0 Å². The number of nitrogens with one attached hydrogen (secondary N) is 1. The van der Waals surface area contributed by atoms with Crippen LogP contribution in [0, 0.1) is 0 Å². The van der Waals surface area contributed by atoms with Gasteiger partial charge in [-0.3, -0.25) is 10.00 Å². The van der Waals surface area contributed by atoms with Crippen LogP contribution in [0.25, 0.3) is 0 Å². The van der Waals surface area contributed by atoms with E-state index in [9.17, 15) is 0 Å². The summed E-state index contributed by atoms with van der Waals surface area (Å²) in [5, 5.41) is 11.0. The Morgan fingerprint density at radius 1 is 1.16 bits per heavy atom. The van der Waals surface area contributed by atoms with Gasteiger partial charge < -0.3 is 4.52 Å². The van der Waals surface area contributed by atoms with E-state index in [2.05, 4.69) is 37.1 Å². The van der Waals surface area contributed by atoms with Gasteiger partial charge in [0.15, 0.2) is 5.82 Å². The van der Waals surface area contributed by atoms with E-state index in [1.54, 1.807) is 0 Å². The van der Waals surface area contributed by atoms with Gasteiger partial charge in [0.25, 0.3) is 0 Å². The lowest BCUT2D eigenvalue weighted by Gasteiger charge is -2.11. The second-order valence-corrected chi connectivity index (χ2v) is 4.58. The summed E-state index contributed by atoms with van der Waals surface area (Å²) in [4.78, 5) is 10.8. The Kier molecular flexibility index (Phi) is 4.62. The van der Waals surface area contributed by atoms with Crippen LogP contribution in [0.1, 0.15) is 43.6 Å². The zero-order valence-electron chi connectivity index (χ0n) is 11.7. The molecule has 2 aromatic rings. The maximum atomic E-state index is 5.20. The Hall–Kier alpha value is -1.76. The van der Waals surface area contributed by atoms with Crippen LogP contribution in [0.4, 0.5) is 0 Å². The molecule has 0 fully saturated rings. The summed E-state index contributed by atoms with van der Waals surface area (Å²) >= 11 is 0. The van der Waals surface area contributed by atoms with Gasteiger partial charge >= 0.3 is 0 Å². The van der Waals surface area contributed by atoms with Gasteiger partial charge in [-0.15, -0.1) is 0 Å². The first-order valence-corrected chi connectivity index (χ1v) is 6.61. The lowest BCUT2D eigenvalue weighted by molar-refractivity contribution is 0.256. The lowest BCUT2D eigenvalue weighted by atomic mass is 10.3. The largest absolute Gasteiger partial charge is 0.338 e. The van der Waals surface area contributed by atoms with Crippen molar-refractivity contribution in [2.75, 3.05) is 7.05 Å². The van der Waals surface area contributed by atoms with Crippen molar-refractivity contribution in [3.63, 3.8) is 0 Å². The highest BCUT2D eigenvalue weighted by molar-refractivity contribution is 4.91. The number of aryl methyl sites for hydroxylation is 2. The molecule has 19 heavy (non-hydrogen) atoms. The molecule has 2 rings (SSSR count). The fraction of sp³-hybridized carbons (Fsp3) is 0.667. The van der Waals surface area contributed by atoms with Crippen LogP contribution < -0.4 is 0 Å². The minimum Gasteiger partial charge on any atom is -0.338 e. The van der Waals surface area contributed by atoms with Crippen molar-refractivity contribution >= 4 is 0 Å². The van der Waals surface area contributed by atoms with Crippen LogP contribution in [0.5, 0.6) is 0 Å². The van der Waals surface area contributed by atoms with Crippen molar-refractivity contribution in [3.8, 4) is 0 Å². The number of rotatable bonds is 7. The van der Waals surface area contributed by atoms with Crippen molar-refractivity contribution in [2.45, 2.75) is 46.2 Å². The smallest absolute Gasteiger partial charge is 0.240 e. The number of aromatic nitrogens is 5. The second-order valence-electron chi connectivity index (χ2n) is 4.58. The van der Waals surface area contributed by atoms with E-state index >= 15 is 0 Å². The first-order chi connectivity index (χ1) is 9.21. The third-order valence-corrected chi connectivity index (χ3v) is 2.70. The summed E-state index contributed by atoms with van der Waals surface area (Å²) < 4.78 is 5.20. The SMILES string of the molecule is CCCc1noc(CN(C)Cc2nc(CC)n[nH]2)n1. The molecule has 0 bridgehead atoms. The number of hydrogen-bond acceptors (Lipinski definition) is 6. The topological polar surface area (TPSA) is 83.7 Å². The first-order valence-electron chi connectivity index (χ1n) is 6.61. The van der Waals surface area contributed by atoms with Crippen molar-refractivity contribution in [2.24, 2.45) is 0 Å². The Morgan fingerprint density at radius 2 is 2.00 bits per heavy atom. The molecule has 104 valence electrons. The van der Waals surface area contributed by atoms with E-state index in [1.165, 1.54) is 0 Å². The standard InChI is InChI=1S/C12H20N6O/c1-4-6-10-14-12(19-17-10)8-18(3)7-11-13-9(5-2)15-16-11/h4-8H2,1-3H3,(H,13,15,16). The van der Waals surface area contributed by atoms with Crippen LogP contribution in [0.15, 0.2) is 4.52 Å². The molecule has 0 unspecified atom stereocenters. The van der Waals surface area contributed by atoms with Gasteiger partial charge in [0, 0.05) is 12.8 Å².